The van der Waals surface area contributed by atoms with Crippen molar-refractivity contribution in [2.45, 2.75) is 31.2 Å². The van der Waals surface area contributed by atoms with Gasteiger partial charge in [0.1, 0.15) is 12.2 Å². The molecule has 4 heterocycles. The second kappa shape index (κ2) is 7.39. The first-order valence-corrected chi connectivity index (χ1v) is 10.8. The summed E-state index contributed by atoms with van der Waals surface area (Å²) >= 11 is 0. The molecule has 1 amide bonds. The zero-order chi connectivity index (χ0) is 20.8. The summed E-state index contributed by atoms with van der Waals surface area (Å²) in [6.45, 7) is 3.96. The van der Waals surface area contributed by atoms with E-state index in [1.165, 1.54) is 42.3 Å². The maximum absolute atomic E-state index is 12.2. The maximum Gasteiger partial charge on any atom is 0.250 e. The van der Waals surface area contributed by atoms with E-state index in [4.69, 9.17) is 0 Å². The summed E-state index contributed by atoms with van der Waals surface area (Å²) in [7, 11) is 0. The molecule has 31 heavy (non-hydrogen) atoms. The van der Waals surface area contributed by atoms with Gasteiger partial charge in [0.15, 0.2) is 0 Å². The van der Waals surface area contributed by atoms with Crippen LogP contribution in [-0.2, 0) is 11.3 Å². The number of hydrogen-bond donors (Lipinski definition) is 2. The quantitative estimate of drug-likeness (QED) is 0.805. The molecular formula is C23H23N7O. The number of carbonyl (C=O) groups excluding carboxylic acids is 1. The van der Waals surface area contributed by atoms with Gasteiger partial charge < -0.3 is 5.32 Å². The number of H-pyrrole nitrogens is 1. The van der Waals surface area contributed by atoms with Gasteiger partial charge in [-0.3, -0.25) is 14.8 Å². The lowest BCUT2D eigenvalue weighted by Gasteiger charge is -2.36. The van der Waals surface area contributed by atoms with E-state index in [2.05, 4.69) is 59.9 Å². The van der Waals surface area contributed by atoms with Gasteiger partial charge in [-0.1, -0.05) is 24.3 Å². The highest BCUT2D eigenvalue weighted by molar-refractivity contribution is 5.91. The summed E-state index contributed by atoms with van der Waals surface area (Å²) < 4.78 is 0. The summed E-state index contributed by atoms with van der Waals surface area (Å²) in [6, 6.07) is 8.96. The van der Waals surface area contributed by atoms with Crippen molar-refractivity contribution in [2.24, 2.45) is 10.2 Å². The second-order valence-electron chi connectivity index (χ2n) is 8.55. The third-order valence-electron chi connectivity index (χ3n) is 6.67. The largest absolute Gasteiger partial charge is 0.329 e. The third kappa shape index (κ3) is 3.23. The molecule has 1 aromatic carbocycles. The predicted molar refractivity (Wildman–Crippen MR) is 114 cm³/mol. The van der Waals surface area contributed by atoms with Crippen LogP contribution in [-0.4, -0.2) is 45.6 Å². The maximum atomic E-state index is 12.2. The van der Waals surface area contributed by atoms with Gasteiger partial charge in [-0.15, -0.1) is 0 Å². The first-order chi connectivity index (χ1) is 15.3. The molecule has 8 nitrogen and oxygen atoms in total. The lowest BCUT2D eigenvalue weighted by atomic mass is 9.68. The van der Waals surface area contributed by atoms with E-state index in [1.807, 2.05) is 6.20 Å². The minimum Gasteiger partial charge on any atom is -0.329 e. The zero-order valence-electron chi connectivity index (χ0n) is 17.1. The SMILES string of the molecule is O=C1C=C2N=NCC3=C2C(=CN1)C(c1ncn[nH]1)C(c1ccc(CN2CCC2)cc1)C3. The van der Waals surface area contributed by atoms with Gasteiger partial charge in [0.25, 0.3) is 0 Å². The van der Waals surface area contributed by atoms with E-state index >= 15 is 0 Å². The van der Waals surface area contributed by atoms with Crippen LogP contribution < -0.4 is 5.32 Å². The fourth-order valence-corrected chi connectivity index (χ4v) is 5.04. The highest BCUT2D eigenvalue weighted by atomic mass is 16.1. The number of likely N-dealkylation sites (tertiary alicyclic amines) is 1. The zero-order valence-corrected chi connectivity index (χ0v) is 17.1. The van der Waals surface area contributed by atoms with Gasteiger partial charge in [0.2, 0.25) is 5.91 Å². The Kier molecular flexibility index (Phi) is 4.38. The molecule has 2 N–H and O–H groups in total. The lowest BCUT2D eigenvalue weighted by molar-refractivity contribution is -0.115. The van der Waals surface area contributed by atoms with Crippen molar-refractivity contribution in [3.05, 3.63) is 82.2 Å². The van der Waals surface area contributed by atoms with Crippen molar-refractivity contribution < 1.29 is 4.79 Å². The molecule has 2 unspecified atom stereocenters. The average molecular weight is 413 g/mol. The Morgan fingerprint density at radius 1 is 1.16 bits per heavy atom. The summed E-state index contributed by atoms with van der Waals surface area (Å²) in [4.78, 5) is 19.2. The van der Waals surface area contributed by atoms with E-state index in [1.54, 1.807) is 6.33 Å². The number of azo groups is 1. The van der Waals surface area contributed by atoms with Crippen LogP contribution in [0.25, 0.3) is 0 Å². The normalized spacial score (nSPS) is 25.2. The Bertz CT molecular complexity index is 1140. The Morgan fingerprint density at radius 2 is 2.03 bits per heavy atom. The topological polar surface area (TPSA) is 98.6 Å². The average Bonchev–Trinajstić information content (AvgIpc) is 3.23. The first kappa shape index (κ1) is 18.4. The number of allylic oxidation sites excluding steroid dienone is 1. The van der Waals surface area contributed by atoms with Crippen LogP contribution >= 0.6 is 0 Å². The van der Waals surface area contributed by atoms with E-state index in [-0.39, 0.29) is 17.7 Å². The molecule has 0 saturated carbocycles. The van der Waals surface area contributed by atoms with Crippen LogP contribution in [0.1, 0.15) is 41.6 Å². The Balaban J connectivity index is 1.42. The Labute approximate surface area is 179 Å². The van der Waals surface area contributed by atoms with Crippen molar-refractivity contribution in [2.75, 3.05) is 19.6 Å². The van der Waals surface area contributed by atoms with Gasteiger partial charge in [-0.05, 0) is 48.2 Å². The number of rotatable bonds is 4. The molecule has 1 aliphatic carbocycles. The molecular weight excluding hydrogens is 390 g/mol. The standard InChI is InChI=1S/C23H23N7O/c31-20-9-19-21-16(10-26-28-19)8-17(22(18(21)11-24-20)23-25-13-27-29-23)15-4-2-14(3-5-15)12-30-6-1-7-30/h2-5,9,11,13,17,22H,1,6-8,10,12H2,(H,24,31)(H,25,27,29). The Hall–Kier alpha value is -3.39. The number of amides is 1. The molecule has 3 aliphatic heterocycles. The molecule has 6 rings (SSSR count). The molecule has 156 valence electrons. The van der Waals surface area contributed by atoms with Crippen molar-refractivity contribution in [1.29, 1.82) is 0 Å². The van der Waals surface area contributed by atoms with Crippen molar-refractivity contribution in [3.8, 4) is 0 Å². The van der Waals surface area contributed by atoms with Crippen LogP contribution in [0.2, 0.25) is 0 Å². The number of aromatic nitrogens is 3. The highest BCUT2D eigenvalue weighted by Gasteiger charge is 2.40. The number of hydrogen-bond acceptors (Lipinski definition) is 6. The molecule has 0 bridgehead atoms. The molecule has 0 radical (unpaired) electrons. The monoisotopic (exact) mass is 413 g/mol. The van der Waals surface area contributed by atoms with E-state index in [0.717, 1.165) is 29.9 Å². The van der Waals surface area contributed by atoms with E-state index in [9.17, 15) is 4.79 Å². The van der Waals surface area contributed by atoms with Gasteiger partial charge >= 0.3 is 0 Å². The van der Waals surface area contributed by atoms with Crippen LogP contribution in [0.3, 0.4) is 0 Å². The van der Waals surface area contributed by atoms with Crippen molar-refractivity contribution >= 4 is 5.91 Å². The molecule has 2 atom stereocenters. The van der Waals surface area contributed by atoms with Crippen molar-refractivity contribution in [3.63, 3.8) is 0 Å². The molecule has 0 spiro atoms. The Morgan fingerprint density at radius 3 is 2.77 bits per heavy atom. The second-order valence-corrected chi connectivity index (χ2v) is 8.55. The van der Waals surface area contributed by atoms with E-state index in [0.29, 0.717) is 12.2 Å². The molecule has 4 aliphatic rings. The summed E-state index contributed by atoms with van der Waals surface area (Å²) in [6.07, 6.45) is 7.03. The van der Waals surface area contributed by atoms with Gasteiger partial charge in [0.05, 0.1) is 18.2 Å². The number of carbonyl (C=O) groups is 1. The number of nitrogens with zero attached hydrogens (tertiary/aromatic N) is 5. The van der Waals surface area contributed by atoms with Gasteiger partial charge in [-0.25, -0.2) is 4.98 Å². The number of benzene rings is 1. The first-order valence-electron chi connectivity index (χ1n) is 10.8. The minimum absolute atomic E-state index is 0.0578. The lowest BCUT2D eigenvalue weighted by Crippen LogP contribution is -2.36. The molecule has 2 aromatic rings. The van der Waals surface area contributed by atoms with Crippen LogP contribution in [0.4, 0.5) is 0 Å². The van der Waals surface area contributed by atoms with Gasteiger partial charge in [-0.2, -0.15) is 15.3 Å². The fraction of sp³-hybridized carbons (Fsp3) is 0.348. The number of aromatic amines is 1. The third-order valence-corrected chi connectivity index (χ3v) is 6.67. The molecule has 1 fully saturated rings. The molecule has 1 saturated heterocycles. The molecule has 1 aromatic heterocycles. The predicted octanol–water partition coefficient (Wildman–Crippen LogP) is 2.94. The van der Waals surface area contributed by atoms with Gasteiger partial charge in [0, 0.05) is 30.3 Å². The summed E-state index contributed by atoms with van der Waals surface area (Å²) in [5.74, 6) is 0.719. The van der Waals surface area contributed by atoms with Crippen molar-refractivity contribution in [1.82, 2.24) is 25.4 Å². The number of nitrogens with one attached hydrogen (secondary N) is 2. The molecule has 8 heteroatoms. The van der Waals surface area contributed by atoms with E-state index < -0.39 is 0 Å². The van der Waals surface area contributed by atoms with Crippen LogP contribution in [0, 0.1) is 0 Å². The van der Waals surface area contributed by atoms with Crippen LogP contribution in [0.5, 0.6) is 0 Å². The minimum atomic E-state index is -0.187. The summed E-state index contributed by atoms with van der Waals surface area (Å²) in [5, 5.41) is 18.6. The fourth-order valence-electron chi connectivity index (χ4n) is 5.04. The highest BCUT2D eigenvalue weighted by Crippen LogP contribution is 2.51. The van der Waals surface area contributed by atoms with Crippen LogP contribution in [0.15, 0.2) is 75.5 Å². The summed E-state index contributed by atoms with van der Waals surface area (Å²) in [5.41, 5.74) is 6.49. The smallest absolute Gasteiger partial charge is 0.250 e.